The smallest absolute Gasteiger partial charge is 0.341 e. The van der Waals surface area contributed by atoms with Crippen LogP contribution < -0.4 is 10.1 Å². The number of H-pyrrole nitrogens is 1. The van der Waals surface area contributed by atoms with Crippen molar-refractivity contribution in [2.24, 2.45) is 0 Å². The topological polar surface area (TPSA) is 131 Å². The van der Waals surface area contributed by atoms with Crippen LogP contribution in [0.15, 0.2) is 146 Å². The molecule has 9 heteroatoms. The van der Waals surface area contributed by atoms with Crippen molar-refractivity contribution < 1.29 is 29.0 Å². The third kappa shape index (κ3) is 10.5. The Morgan fingerprint density at radius 3 is 1.87 bits per heavy atom. The molecule has 0 saturated heterocycles. The number of hydrogen-bond acceptors (Lipinski definition) is 6. The maximum Gasteiger partial charge on any atom is 0.341 e. The molecular weight excluding hydrogens is 691 g/mol. The van der Waals surface area contributed by atoms with Gasteiger partial charge in [0.05, 0.1) is 18.0 Å². The molecule has 0 aliphatic rings. The van der Waals surface area contributed by atoms with Crippen LogP contribution in [0.25, 0.3) is 46.1 Å². The molecule has 1 aromatic heterocycles. The molecule has 0 spiro atoms. The average Bonchev–Trinajstić information content (AvgIpc) is 3.67. The maximum atomic E-state index is 12.8. The fourth-order valence-corrected chi connectivity index (χ4v) is 6.12. The summed E-state index contributed by atoms with van der Waals surface area (Å²) in [5.74, 6) is -0.373. The Labute approximate surface area is 320 Å². The number of carboxylic acids is 1. The van der Waals surface area contributed by atoms with Gasteiger partial charge in [-0.25, -0.2) is 14.6 Å². The molecule has 0 aliphatic heterocycles. The minimum atomic E-state index is -1.06. The third-order valence-corrected chi connectivity index (χ3v) is 8.84. The van der Waals surface area contributed by atoms with E-state index >= 15 is 0 Å². The average molecular weight is 732 g/mol. The van der Waals surface area contributed by atoms with Crippen LogP contribution >= 0.6 is 0 Å². The molecule has 3 N–H and O–H groups in total. The summed E-state index contributed by atoms with van der Waals surface area (Å²) in [5, 5.41) is 12.0. The molecule has 0 saturated carbocycles. The van der Waals surface area contributed by atoms with E-state index < -0.39 is 18.5 Å². The first-order chi connectivity index (χ1) is 26.9. The summed E-state index contributed by atoms with van der Waals surface area (Å²) in [5.41, 5.74) is 8.11. The van der Waals surface area contributed by atoms with Gasteiger partial charge >= 0.3 is 11.9 Å². The number of imidazole rings is 1. The number of carboxylic acid groups (broad SMARTS) is 1. The summed E-state index contributed by atoms with van der Waals surface area (Å²) in [4.78, 5) is 44.0. The summed E-state index contributed by atoms with van der Waals surface area (Å²) in [6.45, 7) is 2.16. The molecule has 0 aliphatic carbocycles. The lowest BCUT2D eigenvalue weighted by molar-refractivity contribution is -0.139. The predicted molar refractivity (Wildman–Crippen MR) is 215 cm³/mol. The van der Waals surface area contributed by atoms with Gasteiger partial charge in [0.15, 0.2) is 6.61 Å². The van der Waals surface area contributed by atoms with Crippen LogP contribution in [0.4, 0.5) is 0 Å². The van der Waals surface area contributed by atoms with Gasteiger partial charge in [-0.3, -0.25) is 4.79 Å². The van der Waals surface area contributed by atoms with Crippen LogP contribution in [0.1, 0.15) is 41.5 Å². The SMILES string of the molecule is CCOC(=O)C=Cc1ccc(-c2nc(-c3ccc(OCC(=O)O)cc3)c(-c3ccc(C=CC(=O)NCCC(c4ccccc4)c4ccccc4)cc3)[nH]2)cc1. The standard InChI is InChI=1S/C46H41N3O6/c1-2-54-43(53)28-18-33-15-21-38(22-16-33)46-48-44(45(49-46)37-23-25-39(26-24-37)55-31-42(51)52)36-19-13-32(14-20-36)17-27-41(50)47-30-29-40(34-9-5-3-6-10-34)35-11-7-4-8-12-35/h3-28,40H,2,29-31H2,1H3,(H,47,50)(H,48,49)(H,51,52). The molecule has 5 aromatic carbocycles. The van der Waals surface area contributed by atoms with Gasteiger partial charge in [-0.1, -0.05) is 109 Å². The number of carbonyl (C=O) groups is 3. The molecule has 6 aromatic rings. The van der Waals surface area contributed by atoms with Crippen LogP contribution in [-0.2, 0) is 19.1 Å². The number of carbonyl (C=O) groups excluding carboxylic acids is 2. The third-order valence-electron chi connectivity index (χ3n) is 8.84. The molecule has 276 valence electrons. The fraction of sp³-hybridized carbons (Fsp3) is 0.130. The molecule has 0 atom stereocenters. The molecule has 0 unspecified atom stereocenters. The van der Waals surface area contributed by atoms with E-state index in [1.807, 2.05) is 97.1 Å². The van der Waals surface area contributed by atoms with E-state index in [-0.39, 0.29) is 11.8 Å². The molecule has 1 amide bonds. The number of benzene rings is 5. The van der Waals surface area contributed by atoms with E-state index in [1.165, 1.54) is 17.2 Å². The summed E-state index contributed by atoms with van der Waals surface area (Å²) in [7, 11) is 0. The van der Waals surface area contributed by atoms with Gasteiger partial charge in [-0.15, -0.1) is 0 Å². The fourth-order valence-electron chi connectivity index (χ4n) is 6.12. The highest BCUT2D eigenvalue weighted by Crippen LogP contribution is 2.34. The van der Waals surface area contributed by atoms with Crippen molar-refractivity contribution in [2.45, 2.75) is 19.3 Å². The van der Waals surface area contributed by atoms with Gasteiger partial charge in [0.1, 0.15) is 11.6 Å². The number of aromatic amines is 1. The first-order valence-electron chi connectivity index (χ1n) is 18.0. The van der Waals surface area contributed by atoms with E-state index in [2.05, 4.69) is 34.6 Å². The summed E-state index contributed by atoms with van der Waals surface area (Å²) >= 11 is 0. The molecule has 6 rings (SSSR count). The lowest BCUT2D eigenvalue weighted by Gasteiger charge is -2.18. The Hall–Kier alpha value is -7.00. The second-order valence-corrected chi connectivity index (χ2v) is 12.6. The molecule has 55 heavy (non-hydrogen) atoms. The Kier molecular flexibility index (Phi) is 12.8. The van der Waals surface area contributed by atoms with Crippen molar-refractivity contribution in [3.05, 3.63) is 168 Å². The quantitative estimate of drug-likeness (QED) is 0.0670. The van der Waals surface area contributed by atoms with Crippen molar-refractivity contribution in [2.75, 3.05) is 19.8 Å². The lowest BCUT2D eigenvalue weighted by atomic mass is 9.88. The van der Waals surface area contributed by atoms with Crippen LogP contribution in [0.5, 0.6) is 5.75 Å². The van der Waals surface area contributed by atoms with Gasteiger partial charge in [-0.05, 0) is 72.0 Å². The highest BCUT2D eigenvalue weighted by Gasteiger charge is 2.17. The molecular formula is C46H41N3O6. The minimum Gasteiger partial charge on any atom is -0.482 e. The van der Waals surface area contributed by atoms with E-state index in [0.717, 1.165) is 39.9 Å². The number of ether oxygens (including phenoxy) is 2. The van der Waals surface area contributed by atoms with Crippen molar-refractivity contribution >= 4 is 30.0 Å². The Morgan fingerprint density at radius 1 is 0.727 bits per heavy atom. The lowest BCUT2D eigenvalue weighted by Crippen LogP contribution is -2.23. The zero-order valence-electron chi connectivity index (χ0n) is 30.4. The van der Waals surface area contributed by atoms with Gasteiger partial charge in [-0.2, -0.15) is 0 Å². The highest BCUT2D eigenvalue weighted by molar-refractivity contribution is 5.92. The molecule has 0 radical (unpaired) electrons. The molecule has 9 nitrogen and oxygen atoms in total. The Bertz CT molecular complexity index is 2200. The van der Waals surface area contributed by atoms with Gasteiger partial charge in [0.25, 0.3) is 0 Å². The van der Waals surface area contributed by atoms with Crippen LogP contribution in [0.3, 0.4) is 0 Å². The molecule has 0 bridgehead atoms. The number of rotatable bonds is 16. The number of aliphatic carboxylic acids is 1. The zero-order valence-corrected chi connectivity index (χ0v) is 30.4. The van der Waals surface area contributed by atoms with Crippen molar-refractivity contribution in [1.29, 1.82) is 0 Å². The second-order valence-electron chi connectivity index (χ2n) is 12.6. The van der Waals surface area contributed by atoms with Crippen molar-refractivity contribution in [3.8, 4) is 39.7 Å². The second kappa shape index (κ2) is 18.7. The first-order valence-corrected chi connectivity index (χ1v) is 18.0. The summed E-state index contributed by atoms with van der Waals surface area (Å²) in [6, 6.07) is 43.2. The van der Waals surface area contributed by atoms with Gasteiger partial charge < -0.3 is 24.9 Å². The predicted octanol–water partition coefficient (Wildman–Crippen LogP) is 8.80. The monoisotopic (exact) mass is 731 g/mol. The van der Waals surface area contributed by atoms with Crippen molar-refractivity contribution in [1.82, 2.24) is 15.3 Å². The number of aromatic nitrogens is 2. The zero-order chi connectivity index (χ0) is 38.4. The van der Waals surface area contributed by atoms with E-state index in [0.29, 0.717) is 30.4 Å². The van der Waals surface area contributed by atoms with Gasteiger partial charge in [0.2, 0.25) is 5.91 Å². The number of nitrogens with one attached hydrogen (secondary N) is 2. The van der Waals surface area contributed by atoms with E-state index in [4.69, 9.17) is 19.6 Å². The summed E-state index contributed by atoms with van der Waals surface area (Å²) < 4.78 is 10.3. The molecule has 1 heterocycles. The summed E-state index contributed by atoms with van der Waals surface area (Å²) in [6.07, 6.45) is 7.20. The normalized spacial score (nSPS) is 11.2. The number of nitrogens with zero attached hydrogens (tertiary/aromatic N) is 1. The van der Waals surface area contributed by atoms with E-state index in [9.17, 15) is 14.4 Å². The maximum absolute atomic E-state index is 12.8. The highest BCUT2D eigenvalue weighted by atomic mass is 16.5. The minimum absolute atomic E-state index is 0.164. The van der Waals surface area contributed by atoms with Crippen molar-refractivity contribution in [3.63, 3.8) is 0 Å². The molecule has 0 fully saturated rings. The number of esters is 1. The Morgan fingerprint density at radius 2 is 1.29 bits per heavy atom. The van der Waals surface area contributed by atoms with Crippen LogP contribution in [0.2, 0.25) is 0 Å². The Balaban J connectivity index is 1.17. The van der Waals surface area contributed by atoms with Gasteiger partial charge in [0, 0.05) is 41.3 Å². The number of amides is 1. The largest absolute Gasteiger partial charge is 0.482 e. The van der Waals surface area contributed by atoms with Crippen LogP contribution in [0, 0.1) is 0 Å². The van der Waals surface area contributed by atoms with E-state index in [1.54, 1.807) is 37.3 Å². The van der Waals surface area contributed by atoms with Crippen LogP contribution in [-0.4, -0.2) is 52.7 Å². The number of hydrogen-bond donors (Lipinski definition) is 3. The first kappa shape index (κ1) is 37.7.